The van der Waals surface area contributed by atoms with E-state index in [-0.39, 0.29) is 17.2 Å². The van der Waals surface area contributed by atoms with Crippen molar-refractivity contribution in [2.75, 3.05) is 0 Å². The van der Waals surface area contributed by atoms with Gasteiger partial charge in [0.05, 0.1) is 16.1 Å². The Balaban J connectivity index is 2.24. The molecule has 0 aromatic rings. The molecule has 2 bridgehead atoms. The van der Waals surface area contributed by atoms with Gasteiger partial charge in [-0.2, -0.15) is 0 Å². The van der Waals surface area contributed by atoms with Gasteiger partial charge in [0, 0.05) is 11.8 Å². The fraction of sp³-hybridized carbons (Fsp3) is 0.800. The molecule has 0 saturated heterocycles. The standard InChI is InChI=1S/C10H7Cl7/c11-4-2-1-3-5(4)9(15)7(13)6(12)8(3,14)10(9,16)17/h1-7H. The highest BCUT2D eigenvalue weighted by Gasteiger charge is 2.86. The van der Waals surface area contributed by atoms with Gasteiger partial charge in [0.1, 0.15) is 9.75 Å². The zero-order valence-corrected chi connectivity index (χ0v) is 13.5. The van der Waals surface area contributed by atoms with Crippen LogP contribution in [0.5, 0.6) is 0 Å². The third-order valence-corrected chi connectivity index (χ3v) is 9.37. The summed E-state index contributed by atoms with van der Waals surface area (Å²) in [6.45, 7) is 0. The van der Waals surface area contributed by atoms with Crippen LogP contribution in [0.15, 0.2) is 12.2 Å². The van der Waals surface area contributed by atoms with Crippen LogP contribution < -0.4 is 0 Å². The van der Waals surface area contributed by atoms with E-state index in [1.54, 1.807) is 0 Å². The van der Waals surface area contributed by atoms with E-state index in [9.17, 15) is 0 Å². The topological polar surface area (TPSA) is 0 Å². The minimum atomic E-state index is -1.41. The van der Waals surface area contributed by atoms with Crippen LogP contribution in [0.4, 0.5) is 0 Å². The Morgan fingerprint density at radius 2 is 1.29 bits per heavy atom. The quantitative estimate of drug-likeness (QED) is 0.423. The summed E-state index contributed by atoms with van der Waals surface area (Å²) in [5.74, 6) is -0.354. The van der Waals surface area contributed by atoms with Gasteiger partial charge in [-0.1, -0.05) is 35.4 Å². The molecule has 0 nitrogen and oxygen atoms in total. The molecular formula is C10H7Cl7. The number of halogens is 7. The number of hydrogen-bond acceptors (Lipinski definition) is 0. The Hall–Kier alpha value is 1.77. The zero-order chi connectivity index (χ0) is 12.8. The van der Waals surface area contributed by atoms with E-state index in [1.165, 1.54) is 0 Å². The molecule has 7 unspecified atom stereocenters. The molecule has 0 spiro atoms. The SMILES string of the molecule is ClC1C=CC2C1C1(Cl)C(Cl)C(Cl)C2(Cl)C1(Cl)Cl. The van der Waals surface area contributed by atoms with E-state index in [0.717, 1.165) is 0 Å². The van der Waals surface area contributed by atoms with Gasteiger partial charge in [-0.25, -0.2) is 0 Å². The second kappa shape index (κ2) is 3.70. The van der Waals surface area contributed by atoms with Gasteiger partial charge in [0.15, 0.2) is 4.33 Å². The van der Waals surface area contributed by atoms with Gasteiger partial charge >= 0.3 is 0 Å². The van der Waals surface area contributed by atoms with Crippen molar-refractivity contribution < 1.29 is 0 Å². The van der Waals surface area contributed by atoms with Crippen LogP contribution in [0, 0.1) is 11.8 Å². The third kappa shape index (κ3) is 1.20. The molecule has 17 heavy (non-hydrogen) atoms. The fourth-order valence-electron chi connectivity index (χ4n) is 3.41. The Morgan fingerprint density at radius 1 is 0.765 bits per heavy atom. The number of fused-ring (bicyclic) bond motifs is 5. The molecule has 2 saturated carbocycles. The van der Waals surface area contributed by atoms with Crippen molar-refractivity contribution in [2.24, 2.45) is 11.8 Å². The molecule has 0 heterocycles. The van der Waals surface area contributed by atoms with Gasteiger partial charge in [-0.3, -0.25) is 0 Å². The van der Waals surface area contributed by atoms with Gasteiger partial charge in [0.25, 0.3) is 0 Å². The summed E-state index contributed by atoms with van der Waals surface area (Å²) in [6.07, 6.45) is 3.75. The normalized spacial score (nSPS) is 63.1. The molecule has 0 N–H and O–H groups in total. The molecule has 0 aromatic heterocycles. The summed E-state index contributed by atoms with van der Waals surface area (Å²) in [6, 6.07) is 0. The summed E-state index contributed by atoms with van der Waals surface area (Å²) >= 11 is 44.9. The first kappa shape index (κ1) is 13.7. The van der Waals surface area contributed by atoms with Crippen molar-refractivity contribution in [3.8, 4) is 0 Å². The predicted molar refractivity (Wildman–Crippen MR) is 76.6 cm³/mol. The smallest absolute Gasteiger partial charge is 0.119 e. The number of rotatable bonds is 0. The summed E-state index contributed by atoms with van der Waals surface area (Å²) in [7, 11) is 0. The first-order chi connectivity index (χ1) is 7.70. The van der Waals surface area contributed by atoms with Crippen molar-refractivity contribution >= 4 is 81.2 Å². The second-order valence-electron chi connectivity index (χ2n) is 4.79. The first-order valence-corrected chi connectivity index (χ1v) is 7.89. The molecule has 3 aliphatic rings. The van der Waals surface area contributed by atoms with Crippen LogP contribution in [0.2, 0.25) is 0 Å². The maximum atomic E-state index is 6.63. The highest BCUT2D eigenvalue weighted by atomic mass is 35.5. The first-order valence-electron chi connectivity index (χ1n) is 5.07. The van der Waals surface area contributed by atoms with Crippen molar-refractivity contribution in [3.63, 3.8) is 0 Å². The van der Waals surface area contributed by atoms with E-state index in [4.69, 9.17) is 81.2 Å². The molecule has 0 amide bonds. The maximum Gasteiger partial charge on any atom is 0.160 e. The van der Waals surface area contributed by atoms with Crippen molar-refractivity contribution in [1.82, 2.24) is 0 Å². The van der Waals surface area contributed by atoms with Gasteiger partial charge in [0.2, 0.25) is 0 Å². The van der Waals surface area contributed by atoms with Gasteiger partial charge in [-0.15, -0.1) is 58.0 Å². The van der Waals surface area contributed by atoms with Crippen LogP contribution in [0.25, 0.3) is 0 Å². The molecule has 7 atom stereocenters. The molecule has 0 radical (unpaired) electrons. The van der Waals surface area contributed by atoms with E-state index < -0.39 is 24.8 Å². The van der Waals surface area contributed by atoms with E-state index in [1.807, 2.05) is 12.2 Å². The van der Waals surface area contributed by atoms with Crippen molar-refractivity contribution in [2.45, 2.75) is 30.2 Å². The molecule has 0 aliphatic heterocycles. The fourth-order valence-corrected chi connectivity index (χ4v) is 7.35. The highest BCUT2D eigenvalue weighted by molar-refractivity contribution is 6.63. The molecule has 3 aliphatic carbocycles. The number of allylic oxidation sites excluding steroid dienone is 2. The molecular weight excluding hydrogens is 368 g/mol. The predicted octanol–water partition coefficient (Wildman–Crippen LogP) is 4.77. The summed E-state index contributed by atoms with van der Waals surface area (Å²) in [5.41, 5.74) is 0. The summed E-state index contributed by atoms with van der Waals surface area (Å²) in [5, 5.41) is -1.51. The Kier molecular flexibility index (Phi) is 2.99. The zero-order valence-electron chi connectivity index (χ0n) is 8.19. The Bertz CT molecular complexity index is 407. The van der Waals surface area contributed by atoms with E-state index in [2.05, 4.69) is 0 Å². The number of alkyl halides is 7. The lowest BCUT2D eigenvalue weighted by molar-refractivity contribution is 0.327. The number of hydrogen-bond donors (Lipinski definition) is 0. The van der Waals surface area contributed by atoms with Crippen molar-refractivity contribution in [1.29, 1.82) is 0 Å². The molecule has 96 valence electrons. The van der Waals surface area contributed by atoms with Gasteiger partial charge < -0.3 is 0 Å². The molecule has 3 rings (SSSR count). The van der Waals surface area contributed by atoms with Crippen LogP contribution >= 0.6 is 81.2 Å². The van der Waals surface area contributed by atoms with Gasteiger partial charge in [-0.05, 0) is 0 Å². The van der Waals surface area contributed by atoms with E-state index in [0.29, 0.717) is 0 Å². The largest absolute Gasteiger partial charge is 0.160 e. The third-order valence-electron chi connectivity index (χ3n) is 4.22. The second-order valence-corrected chi connectivity index (χ2v) is 8.82. The molecule has 2 fully saturated rings. The monoisotopic (exact) mass is 372 g/mol. The van der Waals surface area contributed by atoms with Crippen LogP contribution in [-0.4, -0.2) is 30.2 Å². The lowest BCUT2D eigenvalue weighted by Crippen LogP contribution is -2.50. The average Bonchev–Trinajstić information content (AvgIpc) is 2.73. The Morgan fingerprint density at radius 3 is 1.88 bits per heavy atom. The van der Waals surface area contributed by atoms with Crippen molar-refractivity contribution in [3.05, 3.63) is 12.2 Å². The lowest BCUT2D eigenvalue weighted by atomic mass is 9.80. The van der Waals surface area contributed by atoms with Crippen LogP contribution in [0.1, 0.15) is 0 Å². The minimum absolute atomic E-state index is 0.156. The minimum Gasteiger partial charge on any atom is -0.119 e. The van der Waals surface area contributed by atoms with E-state index >= 15 is 0 Å². The maximum absolute atomic E-state index is 6.63. The average molecular weight is 375 g/mol. The Labute approximate surface area is 134 Å². The molecule has 7 heteroatoms. The summed E-state index contributed by atoms with van der Waals surface area (Å²) in [4.78, 5) is -2.21. The lowest BCUT2D eigenvalue weighted by Gasteiger charge is -2.39. The molecule has 0 aromatic carbocycles. The summed E-state index contributed by atoms with van der Waals surface area (Å²) < 4.78 is -1.41. The highest BCUT2D eigenvalue weighted by Crippen LogP contribution is 2.77. The van der Waals surface area contributed by atoms with Crippen LogP contribution in [-0.2, 0) is 0 Å². The van der Waals surface area contributed by atoms with Crippen LogP contribution in [0.3, 0.4) is 0 Å².